The minimum atomic E-state index is -0.246. The summed E-state index contributed by atoms with van der Waals surface area (Å²) in [6, 6.07) is 0.164. The van der Waals surface area contributed by atoms with Crippen LogP contribution in [0.4, 0.5) is 4.79 Å². The monoisotopic (exact) mass is 322 g/mol. The van der Waals surface area contributed by atoms with Crippen LogP contribution in [0.2, 0.25) is 0 Å². The summed E-state index contributed by atoms with van der Waals surface area (Å²) in [5, 5.41) is 3.18. The second kappa shape index (κ2) is 6.93. The third-order valence-electron chi connectivity index (χ3n) is 5.07. The van der Waals surface area contributed by atoms with Crippen LogP contribution in [-0.4, -0.2) is 42.6 Å². The SMILES string of the molecule is CCOC(=O)N1CCC(NC(=O)[C@@H]2[C@H](C=C(C)C)C2(C)C)CC1. The van der Waals surface area contributed by atoms with Crippen molar-refractivity contribution in [2.75, 3.05) is 19.7 Å². The molecule has 0 aromatic rings. The van der Waals surface area contributed by atoms with E-state index in [1.54, 1.807) is 4.90 Å². The average molecular weight is 322 g/mol. The molecule has 5 heteroatoms. The molecule has 1 saturated carbocycles. The van der Waals surface area contributed by atoms with Crippen LogP contribution in [0.1, 0.15) is 47.5 Å². The number of hydrogen-bond donors (Lipinski definition) is 1. The van der Waals surface area contributed by atoms with Gasteiger partial charge in [0.25, 0.3) is 0 Å². The fourth-order valence-corrected chi connectivity index (χ4v) is 3.56. The van der Waals surface area contributed by atoms with Crippen molar-refractivity contribution >= 4 is 12.0 Å². The molecule has 2 aliphatic rings. The van der Waals surface area contributed by atoms with Gasteiger partial charge in [0.2, 0.25) is 5.91 Å². The maximum absolute atomic E-state index is 12.6. The molecule has 0 aromatic heterocycles. The van der Waals surface area contributed by atoms with E-state index in [0.29, 0.717) is 25.6 Å². The molecule has 0 spiro atoms. The minimum Gasteiger partial charge on any atom is -0.450 e. The quantitative estimate of drug-likeness (QED) is 0.810. The van der Waals surface area contributed by atoms with Crippen LogP contribution in [0.3, 0.4) is 0 Å². The fourth-order valence-electron chi connectivity index (χ4n) is 3.56. The number of carbonyl (C=O) groups is 2. The van der Waals surface area contributed by atoms with Gasteiger partial charge in [-0.25, -0.2) is 4.79 Å². The molecule has 1 heterocycles. The lowest BCUT2D eigenvalue weighted by atomic mass is 10.0. The standard InChI is InChI=1S/C18H30N2O3/c1-6-23-17(22)20-9-7-13(8-10-20)19-16(21)15-14(11-12(2)3)18(15,4)5/h11,13-15H,6-10H2,1-5H3,(H,19,21)/t14-,15-/m0/s1. The van der Waals surface area contributed by atoms with Gasteiger partial charge < -0.3 is 15.0 Å². The summed E-state index contributed by atoms with van der Waals surface area (Å²) in [6.45, 7) is 12.0. The Kier molecular flexibility index (Phi) is 5.37. The van der Waals surface area contributed by atoms with E-state index in [2.05, 4.69) is 39.1 Å². The van der Waals surface area contributed by atoms with Crippen molar-refractivity contribution in [2.24, 2.45) is 17.3 Å². The Hall–Kier alpha value is -1.52. The molecule has 0 radical (unpaired) electrons. The van der Waals surface area contributed by atoms with Crippen LogP contribution in [0.15, 0.2) is 11.6 Å². The van der Waals surface area contributed by atoms with E-state index in [0.717, 1.165) is 12.8 Å². The van der Waals surface area contributed by atoms with Crippen LogP contribution < -0.4 is 5.32 Å². The molecule has 23 heavy (non-hydrogen) atoms. The maximum atomic E-state index is 12.6. The normalized spacial score (nSPS) is 26.4. The molecule has 5 nitrogen and oxygen atoms in total. The van der Waals surface area contributed by atoms with Crippen molar-refractivity contribution in [3.8, 4) is 0 Å². The van der Waals surface area contributed by atoms with Gasteiger partial charge in [0, 0.05) is 19.1 Å². The van der Waals surface area contributed by atoms with E-state index >= 15 is 0 Å². The van der Waals surface area contributed by atoms with E-state index in [1.807, 2.05) is 6.92 Å². The maximum Gasteiger partial charge on any atom is 0.409 e. The predicted molar refractivity (Wildman–Crippen MR) is 90.0 cm³/mol. The highest BCUT2D eigenvalue weighted by Crippen LogP contribution is 2.59. The lowest BCUT2D eigenvalue weighted by Crippen LogP contribution is -2.47. The fraction of sp³-hybridized carbons (Fsp3) is 0.778. The number of nitrogens with zero attached hydrogens (tertiary/aromatic N) is 1. The van der Waals surface area contributed by atoms with Gasteiger partial charge in [-0.05, 0) is 44.9 Å². The summed E-state index contributed by atoms with van der Waals surface area (Å²) >= 11 is 0. The van der Waals surface area contributed by atoms with Crippen LogP contribution in [0.5, 0.6) is 0 Å². The van der Waals surface area contributed by atoms with Crippen molar-refractivity contribution in [3.63, 3.8) is 0 Å². The first kappa shape index (κ1) is 17.8. The minimum absolute atomic E-state index is 0.0486. The zero-order valence-electron chi connectivity index (χ0n) is 15.0. The summed E-state index contributed by atoms with van der Waals surface area (Å²) in [7, 11) is 0. The second-order valence-electron chi connectivity index (χ2n) is 7.54. The summed E-state index contributed by atoms with van der Waals surface area (Å²) in [4.78, 5) is 26.0. The van der Waals surface area contributed by atoms with E-state index in [-0.39, 0.29) is 29.4 Å². The third kappa shape index (κ3) is 4.06. The highest BCUT2D eigenvalue weighted by atomic mass is 16.6. The van der Waals surface area contributed by atoms with Crippen LogP contribution in [0, 0.1) is 17.3 Å². The highest BCUT2D eigenvalue weighted by Gasteiger charge is 2.60. The van der Waals surface area contributed by atoms with E-state index in [9.17, 15) is 9.59 Å². The van der Waals surface area contributed by atoms with Crippen molar-refractivity contribution < 1.29 is 14.3 Å². The molecule has 130 valence electrons. The Morgan fingerprint density at radius 1 is 1.26 bits per heavy atom. The number of carbonyl (C=O) groups excluding carboxylic acids is 2. The van der Waals surface area contributed by atoms with Gasteiger partial charge in [0.05, 0.1) is 12.5 Å². The van der Waals surface area contributed by atoms with Crippen LogP contribution >= 0.6 is 0 Å². The molecule has 2 fully saturated rings. The van der Waals surface area contributed by atoms with Gasteiger partial charge in [-0.1, -0.05) is 25.5 Å². The Labute approximate surface area is 139 Å². The average Bonchev–Trinajstić information content (AvgIpc) is 3.00. The molecular formula is C18H30N2O3. The molecule has 2 amide bonds. The highest BCUT2D eigenvalue weighted by molar-refractivity contribution is 5.84. The van der Waals surface area contributed by atoms with Crippen LogP contribution in [-0.2, 0) is 9.53 Å². The molecular weight excluding hydrogens is 292 g/mol. The lowest BCUT2D eigenvalue weighted by Gasteiger charge is -2.31. The van der Waals surface area contributed by atoms with E-state index in [4.69, 9.17) is 4.74 Å². The molecule has 1 saturated heterocycles. The number of nitrogens with one attached hydrogen (secondary N) is 1. The first-order chi connectivity index (χ1) is 10.8. The number of amides is 2. The Bertz CT molecular complexity index is 486. The van der Waals surface area contributed by atoms with Gasteiger partial charge in [-0.2, -0.15) is 0 Å². The molecule has 1 N–H and O–H groups in total. The lowest BCUT2D eigenvalue weighted by molar-refractivity contribution is -0.124. The molecule has 2 rings (SSSR count). The zero-order chi connectivity index (χ0) is 17.2. The van der Waals surface area contributed by atoms with Crippen LogP contribution in [0.25, 0.3) is 0 Å². The smallest absolute Gasteiger partial charge is 0.409 e. The van der Waals surface area contributed by atoms with E-state index in [1.165, 1.54) is 5.57 Å². The van der Waals surface area contributed by atoms with Crippen molar-refractivity contribution in [3.05, 3.63) is 11.6 Å². The van der Waals surface area contributed by atoms with Crippen molar-refractivity contribution in [1.29, 1.82) is 0 Å². The Morgan fingerprint density at radius 3 is 2.39 bits per heavy atom. The summed E-state index contributed by atoms with van der Waals surface area (Å²) in [5.41, 5.74) is 1.31. The zero-order valence-corrected chi connectivity index (χ0v) is 15.0. The molecule has 0 aromatic carbocycles. The number of likely N-dealkylation sites (tertiary alicyclic amines) is 1. The molecule has 0 bridgehead atoms. The summed E-state index contributed by atoms with van der Waals surface area (Å²) < 4.78 is 5.02. The number of hydrogen-bond acceptors (Lipinski definition) is 3. The number of allylic oxidation sites excluding steroid dienone is 2. The molecule has 1 aliphatic carbocycles. The number of piperidine rings is 1. The number of ether oxygens (including phenoxy) is 1. The predicted octanol–water partition coefficient (Wildman–Crippen LogP) is 2.96. The largest absolute Gasteiger partial charge is 0.450 e. The van der Waals surface area contributed by atoms with Crippen molar-refractivity contribution in [2.45, 2.75) is 53.5 Å². The van der Waals surface area contributed by atoms with E-state index < -0.39 is 0 Å². The Balaban J connectivity index is 1.82. The van der Waals surface area contributed by atoms with Gasteiger partial charge in [0.15, 0.2) is 0 Å². The van der Waals surface area contributed by atoms with Gasteiger partial charge in [-0.15, -0.1) is 0 Å². The molecule has 0 unspecified atom stereocenters. The van der Waals surface area contributed by atoms with Gasteiger partial charge in [-0.3, -0.25) is 4.79 Å². The first-order valence-electron chi connectivity index (χ1n) is 8.64. The third-order valence-corrected chi connectivity index (χ3v) is 5.07. The topological polar surface area (TPSA) is 58.6 Å². The van der Waals surface area contributed by atoms with Gasteiger partial charge in [0.1, 0.15) is 0 Å². The molecule has 2 atom stereocenters. The Morgan fingerprint density at radius 2 is 1.87 bits per heavy atom. The first-order valence-corrected chi connectivity index (χ1v) is 8.64. The second-order valence-corrected chi connectivity index (χ2v) is 7.54. The molecule has 1 aliphatic heterocycles. The summed E-state index contributed by atoms with van der Waals surface area (Å²) in [6.07, 6.45) is 3.56. The van der Waals surface area contributed by atoms with Crippen molar-refractivity contribution in [1.82, 2.24) is 10.2 Å². The number of rotatable bonds is 4. The summed E-state index contributed by atoms with van der Waals surface area (Å²) in [5.74, 6) is 0.569. The van der Waals surface area contributed by atoms with Gasteiger partial charge >= 0.3 is 6.09 Å².